The third-order valence-corrected chi connectivity index (χ3v) is 6.78. The summed E-state index contributed by atoms with van der Waals surface area (Å²) < 4.78 is 45.8. The highest BCUT2D eigenvalue weighted by atomic mass is 35.5. The number of hydrogen-bond acceptors (Lipinski definition) is 6. The fourth-order valence-electron chi connectivity index (χ4n) is 4.42. The second-order valence-electron chi connectivity index (χ2n) is 8.89. The van der Waals surface area contributed by atoms with Crippen molar-refractivity contribution >= 4 is 17.9 Å². The van der Waals surface area contributed by atoms with E-state index in [-0.39, 0.29) is 30.3 Å². The number of halogens is 3. The van der Waals surface area contributed by atoms with E-state index in [1.807, 2.05) is 71.9 Å². The molecule has 6 nitrogen and oxygen atoms in total. The van der Waals surface area contributed by atoms with Gasteiger partial charge in [0, 0.05) is 31.4 Å². The SMILES string of the molecule is CC.CC.CC.CO.COc1ccc(Cc2cc(C3CC(OCc4ccccc4)C[C@](C=O)(CO)O3)ccc2Cl)c(F)c1F. The minimum Gasteiger partial charge on any atom is -0.494 e. The number of hydrogen-bond donors (Lipinski definition) is 2. The summed E-state index contributed by atoms with van der Waals surface area (Å²) in [5, 5.41) is 17.4. The molecule has 1 fully saturated rings. The summed E-state index contributed by atoms with van der Waals surface area (Å²) in [6.45, 7) is 11.9. The predicted octanol–water partition coefficient (Wildman–Crippen LogP) is 8.27. The molecule has 0 aromatic heterocycles. The number of rotatable bonds is 9. The molecule has 3 atom stereocenters. The van der Waals surface area contributed by atoms with E-state index in [0.717, 1.165) is 12.7 Å². The fourth-order valence-corrected chi connectivity index (χ4v) is 4.61. The van der Waals surface area contributed by atoms with E-state index in [2.05, 4.69) is 0 Å². The molecule has 2 unspecified atom stereocenters. The Kier molecular flexibility index (Phi) is 21.1. The number of benzene rings is 3. The van der Waals surface area contributed by atoms with Crippen molar-refractivity contribution in [1.29, 1.82) is 0 Å². The summed E-state index contributed by atoms with van der Waals surface area (Å²) in [6, 6.07) is 17.6. The molecule has 0 bridgehead atoms. The third kappa shape index (κ3) is 11.6. The van der Waals surface area contributed by atoms with Crippen molar-refractivity contribution in [2.75, 3.05) is 20.8 Å². The molecule has 1 aliphatic rings. The summed E-state index contributed by atoms with van der Waals surface area (Å²) >= 11 is 6.39. The maximum Gasteiger partial charge on any atom is 0.200 e. The van der Waals surface area contributed by atoms with Crippen molar-refractivity contribution in [2.45, 2.75) is 85.2 Å². The Morgan fingerprint density at radius 1 is 0.955 bits per heavy atom. The first kappa shape index (κ1) is 41.1. The lowest BCUT2D eigenvalue weighted by Gasteiger charge is -2.40. The van der Waals surface area contributed by atoms with Gasteiger partial charge < -0.3 is 29.2 Å². The molecule has 0 amide bonds. The number of carbonyl (C=O) groups excluding carboxylic acids is 1. The summed E-state index contributed by atoms with van der Waals surface area (Å²) in [6.07, 6.45) is 0.379. The Morgan fingerprint density at radius 3 is 2.16 bits per heavy atom. The van der Waals surface area contributed by atoms with Crippen LogP contribution in [0.3, 0.4) is 0 Å². The first-order chi connectivity index (χ1) is 21.4. The number of methoxy groups -OCH3 is 1. The highest BCUT2D eigenvalue weighted by Crippen LogP contribution is 2.39. The Balaban J connectivity index is 0.00000214. The van der Waals surface area contributed by atoms with E-state index in [4.69, 9.17) is 30.9 Å². The fraction of sp³-hybridized carbons (Fsp3) is 0.457. The van der Waals surface area contributed by atoms with Gasteiger partial charge in [0.25, 0.3) is 0 Å². The van der Waals surface area contributed by atoms with Crippen molar-refractivity contribution in [3.63, 3.8) is 0 Å². The molecule has 0 radical (unpaired) electrons. The van der Waals surface area contributed by atoms with Gasteiger partial charge in [0.15, 0.2) is 17.9 Å². The number of aliphatic hydroxyl groups excluding tert-OH is 2. The van der Waals surface area contributed by atoms with Crippen LogP contribution in [-0.4, -0.2) is 49.0 Å². The van der Waals surface area contributed by atoms with Crippen molar-refractivity contribution in [2.24, 2.45) is 0 Å². The first-order valence-electron chi connectivity index (χ1n) is 15.0. The van der Waals surface area contributed by atoms with Crippen LogP contribution >= 0.6 is 11.6 Å². The highest BCUT2D eigenvalue weighted by molar-refractivity contribution is 6.31. The molecule has 1 aliphatic heterocycles. The number of carbonyl (C=O) groups is 1. The summed E-state index contributed by atoms with van der Waals surface area (Å²) in [7, 11) is 2.27. The van der Waals surface area contributed by atoms with E-state index < -0.39 is 29.9 Å². The zero-order valence-corrected chi connectivity index (χ0v) is 28.0. The Morgan fingerprint density at radius 2 is 1.59 bits per heavy atom. The van der Waals surface area contributed by atoms with Gasteiger partial charge in [-0.15, -0.1) is 0 Å². The topological polar surface area (TPSA) is 85.2 Å². The lowest BCUT2D eigenvalue weighted by Crippen LogP contribution is -2.48. The van der Waals surface area contributed by atoms with Gasteiger partial charge in [0.05, 0.1) is 32.5 Å². The normalized spacial score (nSPS) is 18.4. The number of ether oxygens (including phenoxy) is 3. The Bertz CT molecular complexity index is 1210. The summed E-state index contributed by atoms with van der Waals surface area (Å²) in [5.74, 6) is -2.24. The molecule has 9 heteroatoms. The quantitative estimate of drug-likeness (QED) is 0.230. The van der Waals surface area contributed by atoms with Gasteiger partial charge in [-0.3, -0.25) is 0 Å². The van der Waals surface area contributed by atoms with Crippen LogP contribution in [0.25, 0.3) is 0 Å². The largest absolute Gasteiger partial charge is 0.494 e. The molecule has 2 N–H and O–H groups in total. The van der Waals surface area contributed by atoms with Crippen LogP contribution in [0.5, 0.6) is 5.75 Å². The summed E-state index contributed by atoms with van der Waals surface area (Å²) in [5.41, 5.74) is 0.961. The maximum absolute atomic E-state index is 14.6. The van der Waals surface area contributed by atoms with Gasteiger partial charge in [0.2, 0.25) is 5.82 Å². The van der Waals surface area contributed by atoms with Crippen LogP contribution in [0.15, 0.2) is 60.7 Å². The minimum atomic E-state index is -1.41. The Hall–Kier alpha value is -2.88. The van der Waals surface area contributed by atoms with Crippen LogP contribution in [0.1, 0.15) is 82.7 Å². The highest BCUT2D eigenvalue weighted by Gasteiger charge is 2.42. The van der Waals surface area contributed by atoms with E-state index in [1.165, 1.54) is 19.2 Å². The minimum absolute atomic E-state index is 0.0406. The van der Waals surface area contributed by atoms with Crippen LogP contribution in [0, 0.1) is 11.6 Å². The second kappa shape index (κ2) is 22.6. The molecule has 3 aromatic carbocycles. The van der Waals surface area contributed by atoms with E-state index in [1.54, 1.807) is 18.2 Å². The molecule has 4 rings (SSSR count). The molecule has 0 aliphatic carbocycles. The maximum atomic E-state index is 14.6. The smallest absolute Gasteiger partial charge is 0.200 e. The van der Waals surface area contributed by atoms with Crippen molar-refractivity contribution in [1.82, 2.24) is 0 Å². The van der Waals surface area contributed by atoms with Crippen LogP contribution in [0.2, 0.25) is 5.02 Å². The monoisotopic (exact) mass is 638 g/mol. The van der Waals surface area contributed by atoms with Gasteiger partial charge in [-0.05, 0) is 34.4 Å². The molecule has 246 valence electrons. The summed E-state index contributed by atoms with van der Waals surface area (Å²) in [4.78, 5) is 11.9. The number of aldehydes is 1. The van der Waals surface area contributed by atoms with Crippen molar-refractivity contribution in [3.05, 3.63) is 99.6 Å². The molecule has 44 heavy (non-hydrogen) atoms. The second-order valence-corrected chi connectivity index (χ2v) is 9.30. The number of aliphatic hydroxyl groups is 2. The zero-order chi connectivity index (χ0) is 33.7. The van der Waals surface area contributed by atoms with E-state index >= 15 is 0 Å². The average Bonchev–Trinajstić information content (AvgIpc) is 3.10. The molecule has 0 saturated carbocycles. The first-order valence-corrected chi connectivity index (χ1v) is 15.4. The molecular formula is C35H49ClF2O6. The molecule has 0 spiro atoms. The predicted molar refractivity (Wildman–Crippen MR) is 173 cm³/mol. The molecule has 1 saturated heterocycles. The standard InChI is InChI=1S/C28H27ClF2O5.3C2H6.CH4O/c1-34-24-10-8-20(26(30)27(24)31)12-21-11-19(7-9-23(21)29)25-13-22(14-28(16-32,17-33)36-25)35-15-18-5-3-2-4-6-18;4*1-2/h2-11,16,22,25,33H,12-15,17H2,1H3;3*1-2H3;2H,1H3/t22?,25?,28-;;;;/m0..../s1. The average molecular weight is 639 g/mol. The van der Waals surface area contributed by atoms with E-state index in [9.17, 15) is 18.7 Å². The van der Waals surface area contributed by atoms with Crippen LogP contribution in [0.4, 0.5) is 8.78 Å². The van der Waals surface area contributed by atoms with E-state index in [0.29, 0.717) is 35.5 Å². The molecule has 1 heterocycles. The van der Waals surface area contributed by atoms with Gasteiger partial charge in [-0.1, -0.05) is 102 Å². The molecule has 3 aromatic rings. The van der Waals surface area contributed by atoms with Crippen molar-refractivity contribution < 1.29 is 38.0 Å². The van der Waals surface area contributed by atoms with Gasteiger partial charge in [-0.25, -0.2) is 4.39 Å². The molecular weight excluding hydrogens is 590 g/mol. The van der Waals surface area contributed by atoms with Gasteiger partial charge in [0.1, 0.15) is 5.60 Å². The lowest BCUT2D eigenvalue weighted by molar-refractivity contribution is -0.189. The van der Waals surface area contributed by atoms with Gasteiger partial charge >= 0.3 is 0 Å². The van der Waals surface area contributed by atoms with Crippen LogP contribution < -0.4 is 4.74 Å². The third-order valence-electron chi connectivity index (χ3n) is 6.41. The Labute approximate surface area is 266 Å². The zero-order valence-electron chi connectivity index (χ0n) is 27.2. The lowest BCUT2D eigenvalue weighted by atomic mass is 9.88. The van der Waals surface area contributed by atoms with Crippen molar-refractivity contribution in [3.8, 4) is 5.75 Å². The van der Waals surface area contributed by atoms with Crippen LogP contribution in [-0.2, 0) is 27.3 Å². The van der Waals surface area contributed by atoms with Gasteiger partial charge in [-0.2, -0.15) is 4.39 Å².